The summed E-state index contributed by atoms with van der Waals surface area (Å²) in [6, 6.07) is 6.84. The molecule has 98 valence electrons. The van der Waals surface area contributed by atoms with Gasteiger partial charge in [0.1, 0.15) is 0 Å². The van der Waals surface area contributed by atoms with E-state index in [0.29, 0.717) is 11.3 Å². The Balaban J connectivity index is 2.34. The Morgan fingerprint density at radius 2 is 2.16 bits per heavy atom. The second kappa shape index (κ2) is 5.56. The van der Waals surface area contributed by atoms with Crippen molar-refractivity contribution >= 4 is 15.7 Å². The molecule has 0 saturated carbocycles. The molecule has 1 aromatic heterocycles. The molecule has 7 heteroatoms. The summed E-state index contributed by atoms with van der Waals surface area (Å²) in [4.78, 5) is 6.23. The number of anilines is 1. The van der Waals surface area contributed by atoms with E-state index in [1.54, 1.807) is 24.3 Å². The molecule has 0 fully saturated rings. The van der Waals surface area contributed by atoms with Crippen molar-refractivity contribution in [3.8, 4) is 11.8 Å². The summed E-state index contributed by atoms with van der Waals surface area (Å²) in [5.41, 5.74) is 6.27. The molecular formula is C12H12N4O2S. The first-order valence-corrected chi connectivity index (χ1v) is 6.91. The Kier molecular flexibility index (Phi) is 3.85. The van der Waals surface area contributed by atoms with Crippen molar-refractivity contribution in [2.24, 2.45) is 5.73 Å². The summed E-state index contributed by atoms with van der Waals surface area (Å²) < 4.78 is 26.5. The molecule has 4 N–H and O–H groups in total. The first-order chi connectivity index (χ1) is 9.13. The van der Waals surface area contributed by atoms with Gasteiger partial charge >= 0.3 is 0 Å². The molecule has 2 aromatic rings. The van der Waals surface area contributed by atoms with E-state index in [1.807, 2.05) is 0 Å². The van der Waals surface area contributed by atoms with Gasteiger partial charge in [0.2, 0.25) is 0 Å². The predicted molar refractivity (Wildman–Crippen MR) is 71.8 cm³/mol. The molecule has 19 heavy (non-hydrogen) atoms. The van der Waals surface area contributed by atoms with E-state index in [0.717, 1.165) is 0 Å². The third-order valence-corrected chi connectivity index (χ3v) is 3.55. The fraction of sp³-hybridized carbons (Fsp3) is 0.0833. The summed E-state index contributed by atoms with van der Waals surface area (Å²) in [6.45, 7) is 0.210. The summed E-state index contributed by atoms with van der Waals surface area (Å²) >= 11 is 0. The van der Waals surface area contributed by atoms with E-state index in [2.05, 4.69) is 26.5 Å². The smallest absolute Gasteiger partial charge is 0.279 e. The lowest BCUT2D eigenvalue weighted by Crippen LogP contribution is -2.14. The van der Waals surface area contributed by atoms with Gasteiger partial charge in [0.15, 0.2) is 5.03 Å². The number of aromatic nitrogens is 2. The average Bonchev–Trinajstić information content (AvgIpc) is 2.92. The number of imidazole rings is 1. The SMILES string of the molecule is NCC#Cc1ccccc1NS(=O)(=O)c1cnc[nH]1. The van der Waals surface area contributed by atoms with Crippen molar-refractivity contribution in [2.75, 3.05) is 11.3 Å². The lowest BCUT2D eigenvalue weighted by molar-refractivity contribution is 0.598. The van der Waals surface area contributed by atoms with Crippen molar-refractivity contribution in [1.82, 2.24) is 9.97 Å². The molecule has 0 aliphatic carbocycles. The second-order valence-electron chi connectivity index (χ2n) is 3.57. The third kappa shape index (κ3) is 3.13. The lowest BCUT2D eigenvalue weighted by atomic mass is 10.2. The maximum atomic E-state index is 12.0. The maximum absolute atomic E-state index is 12.0. The van der Waals surface area contributed by atoms with Crippen molar-refractivity contribution in [3.05, 3.63) is 42.4 Å². The van der Waals surface area contributed by atoms with Gasteiger partial charge in [-0.05, 0) is 12.1 Å². The highest BCUT2D eigenvalue weighted by molar-refractivity contribution is 7.92. The van der Waals surface area contributed by atoms with E-state index < -0.39 is 10.0 Å². The highest BCUT2D eigenvalue weighted by Crippen LogP contribution is 2.17. The predicted octanol–water partition coefficient (Wildman–Crippen LogP) is 0.521. The topological polar surface area (TPSA) is 101 Å². The molecule has 2 rings (SSSR count). The number of rotatable bonds is 3. The first kappa shape index (κ1) is 13.1. The molecule has 1 aromatic carbocycles. The van der Waals surface area contributed by atoms with Crippen molar-refractivity contribution in [3.63, 3.8) is 0 Å². The summed E-state index contributed by atoms with van der Waals surface area (Å²) in [7, 11) is -3.68. The fourth-order valence-corrected chi connectivity index (χ4v) is 2.40. The summed E-state index contributed by atoms with van der Waals surface area (Å²) in [5, 5.41) is -0.00547. The van der Waals surface area contributed by atoms with Gasteiger partial charge in [-0.2, -0.15) is 8.42 Å². The number of aromatic amines is 1. The number of sulfonamides is 1. The van der Waals surface area contributed by atoms with Crippen LogP contribution in [0.4, 0.5) is 5.69 Å². The maximum Gasteiger partial charge on any atom is 0.279 e. The van der Waals surface area contributed by atoms with Crippen molar-refractivity contribution in [2.45, 2.75) is 5.03 Å². The van der Waals surface area contributed by atoms with Gasteiger partial charge in [-0.1, -0.05) is 24.0 Å². The van der Waals surface area contributed by atoms with Crippen LogP contribution < -0.4 is 10.5 Å². The number of hydrogen-bond acceptors (Lipinski definition) is 4. The van der Waals surface area contributed by atoms with Gasteiger partial charge in [0, 0.05) is 5.56 Å². The van der Waals surface area contributed by atoms with Crippen LogP contribution in [-0.2, 0) is 10.0 Å². The zero-order chi connectivity index (χ0) is 13.7. The number of nitrogens with one attached hydrogen (secondary N) is 2. The van der Waals surface area contributed by atoms with Crippen LogP contribution in [0, 0.1) is 11.8 Å². The van der Waals surface area contributed by atoms with E-state index >= 15 is 0 Å². The van der Waals surface area contributed by atoms with E-state index in [1.165, 1.54) is 12.5 Å². The van der Waals surface area contributed by atoms with Crippen LogP contribution in [-0.4, -0.2) is 24.9 Å². The Hall–Kier alpha value is -2.30. The zero-order valence-corrected chi connectivity index (χ0v) is 10.7. The molecule has 0 aliphatic heterocycles. The number of benzene rings is 1. The zero-order valence-electron chi connectivity index (χ0n) is 9.92. The number of hydrogen-bond donors (Lipinski definition) is 3. The standard InChI is InChI=1S/C12H12N4O2S/c13-7-3-5-10-4-1-2-6-11(10)16-19(17,18)12-8-14-9-15-12/h1-2,4,6,8-9,16H,7,13H2,(H,14,15). The first-order valence-electron chi connectivity index (χ1n) is 5.42. The molecule has 0 saturated heterocycles. The normalized spacial score (nSPS) is 10.6. The minimum Gasteiger partial charge on any atom is -0.334 e. The quantitative estimate of drug-likeness (QED) is 0.711. The third-order valence-electron chi connectivity index (χ3n) is 2.26. The molecule has 1 heterocycles. The number of nitrogens with zero attached hydrogens (tertiary/aromatic N) is 1. The van der Waals surface area contributed by atoms with Crippen LogP contribution in [0.25, 0.3) is 0 Å². The molecule has 0 bridgehead atoms. The second-order valence-corrected chi connectivity index (χ2v) is 5.22. The highest BCUT2D eigenvalue weighted by Gasteiger charge is 2.16. The molecule has 0 radical (unpaired) electrons. The van der Waals surface area contributed by atoms with Crippen LogP contribution in [0.5, 0.6) is 0 Å². The highest BCUT2D eigenvalue weighted by atomic mass is 32.2. The monoisotopic (exact) mass is 276 g/mol. The summed E-state index contributed by atoms with van der Waals surface area (Å²) in [6.07, 6.45) is 2.53. The van der Waals surface area contributed by atoms with E-state index in [-0.39, 0.29) is 11.6 Å². The number of H-pyrrole nitrogens is 1. The minimum absolute atomic E-state index is 0.00547. The molecule has 0 amide bonds. The van der Waals surface area contributed by atoms with Crippen molar-refractivity contribution < 1.29 is 8.42 Å². The lowest BCUT2D eigenvalue weighted by Gasteiger charge is -2.07. The van der Waals surface area contributed by atoms with Crippen LogP contribution in [0.1, 0.15) is 5.56 Å². The largest absolute Gasteiger partial charge is 0.334 e. The number of nitrogens with two attached hydrogens (primary N) is 1. The summed E-state index contributed by atoms with van der Waals surface area (Å²) in [5.74, 6) is 5.50. The molecule has 0 atom stereocenters. The van der Waals surface area contributed by atoms with E-state index in [9.17, 15) is 8.42 Å². The van der Waals surface area contributed by atoms with Gasteiger partial charge in [-0.25, -0.2) is 4.98 Å². The van der Waals surface area contributed by atoms with Gasteiger partial charge < -0.3 is 10.7 Å². The fourth-order valence-electron chi connectivity index (χ4n) is 1.42. The van der Waals surface area contributed by atoms with Gasteiger partial charge in [-0.3, -0.25) is 4.72 Å². The number of para-hydroxylation sites is 1. The average molecular weight is 276 g/mol. The van der Waals surface area contributed by atoms with Crippen LogP contribution in [0.3, 0.4) is 0 Å². The van der Waals surface area contributed by atoms with E-state index in [4.69, 9.17) is 5.73 Å². The molecule has 0 aliphatic rings. The molecule has 6 nitrogen and oxygen atoms in total. The molecular weight excluding hydrogens is 264 g/mol. The molecule has 0 spiro atoms. The Labute approximate surface area is 111 Å². The van der Waals surface area contributed by atoms with Gasteiger partial charge in [0.25, 0.3) is 10.0 Å². The molecule has 0 unspecified atom stereocenters. The van der Waals surface area contributed by atoms with Crippen molar-refractivity contribution in [1.29, 1.82) is 0 Å². The Bertz CT molecular complexity index is 712. The van der Waals surface area contributed by atoms with Gasteiger partial charge in [-0.15, -0.1) is 0 Å². The van der Waals surface area contributed by atoms with Gasteiger partial charge in [0.05, 0.1) is 24.8 Å². The Morgan fingerprint density at radius 1 is 1.37 bits per heavy atom. The van der Waals surface area contributed by atoms with Crippen LogP contribution in [0.15, 0.2) is 41.8 Å². The Morgan fingerprint density at radius 3 is 2.84 bits per heavy atom. The van der Waals surface area contributed by atoms with Crippen LogP contribution in [0.2, 0.25) is 0 Å². The minimum atomic E-state index is -3.68. The van der Waals surface area contributed by atoms with Crippen LogP contribution >= 0.6 is 0 Å².